The Kier molecular flexibility index (Phi) is 0.988. The summed E-state index contributed by atoms with van der Waals surface area (Å²) in [4.78, 5) is 0. The van der Waals surface area contributed by atoms with Crippen LogP contribution in [-0.2, 0) is 0 Å². The average molecular weight is 240 g/mol. The molecule has 0 heteroatoms. The minimum Gasteiger partial charge on any atom is -0.0590 e. The van der Waals surface area contributed by atoms with Crippen molar-refractivity contribution in [3.05, 3.63) is 0 Å². The van der Waals surface area contributed by atoms with E-state index in [2.05, 4.69) is 13.8 Å². The summed E-state index contributed by atoms with van der Waals surface area (Å²) in [6.45, 7) is 5.51. The first-order valence-corrected chi connectivity index (χ1v) is 8.62. The van der Waals surface area contributed by atoms with Crippen molar-refractivity contribution in [3.8, 4) is 0 Å². The fourth-order valence-corrected chi connectivity index (χ4v) is 11.3. The van der Waals surface area contributed by atoms with Gasteiger partial charge < -0.3 is 0 Å². The van der Waals surface area contributed by atoms with Crippen LogP contribution in [0.1, 0.15) is 46.0 Å². The maximum absolute atomic E-state index is 2.77. The second kappa shape index (κ2) is 1.97. The van der Waals surface area contributed by atoms with Crippen LogP contribution in [0.4, 0.5) is 0 Å². The van der Waals surface area contributed by atoms with E-state index in [1.54, 1.807) is 32.1 Å². The second-order valence-corrected chi connectivity index (χ2v) is 10.0. The molecule has 0 aromatic heterocycles. The standard InChI is InChI=1S/C18H24/c1-16-5-8-3-10-13-11-4-9-6-17(2,14(10)11)18(9,16)15(13)12(8)7-16/h8-15H,3-7H2,1-2H3. The Balaban J connectivity index is 1.63. The molecule has 0 saturated heterocycles. The van der Waals surface area contributed by atoms with Crippen LogP contribution in [0, 0.1) is 63.6 Å². The van der Waals surface area contributed by atoms with Gasteiger partial charge in [0.05, 0.1) is 0 Å². The number of rotatable bonds is 0. The van der Waals surface area contributed by atoms with Crippen LogP contribution in [0.15, 0.2) is 0 Å². The topological polar surface area (TPSA) is 0 Å². The van der Waals surface area contributed by atoms with Gasteiger partial charge in [-0.15, -0.1) is 0 Å². The lowest BCUT2D eigenvalue weighted by Crippen LogP contribution is -2.86. The lowest BCUT2D eigenvalue weighted by atomic mass is 9.13. The molecule has 1 spiro atoms. The third-order valence-electron chi connectivity index (χ3n) is 10.4. The number of hydrogen-bond acceptors (Lipinski definition) is 0. The summed E-state index contributed by atoms with van der Waals surface area (Å²) in [5.41, 5.74) is 2.49. The van der Waals surface area contributed by atoms with Gasteiger partial charge in [-0.05, 0) is 95.7 Å². The maximum Gasteiger partial charge on any atom is -0.0124 e. The summed E-state index contributed by atoms with van der Waals surface area (Å²) < 4.78 is 0. The third kappa shape index (κ3) is 0.476. The van der Waals surface area contributed by atoms with Gasteiger partial charge in [0.25, 0.3) is 0 Å². The van der Waals surface area contributed by atoms with Crippen molar-refractivity contribution >= 4 is 0 Å². The first kappa shape index (κ1) is 9.03. The average Bonchev–Trinajstić information content (AvgIpc) is 2.75. The van der Waals surface area contributed by atoms with Crippen molar-refractivity contribution in [2.75, 3.05) is 0 Å². The summed E-state index contributed by atoms with van der Waals surface area (Å²) in [5, 5.41) is 0. The Bertz CT molecular complexity index is 518. The Morgan fingerprint density at radius 2 is 1.67 bits per heavy atom. The quantitative estimate of drug-likeness (QED) is 0.601. The molecule has 10 aliphatic rings. The zero-order valence-corrected chi connectivity index (χ0v) is 11.7. The smallest absolute Gasteiger partial charge is 0.0124 e. The molecule has 0 aromatic rings. The second-order valence-electron chi connectivity index (χ2n) is 10.0. The fraction of sp³-hybridized carbons (Fsp3) is 1.00. The predicted octanol–water partition coefficient (Wildman–Crippen LogP) is 3.96. The minimum absolute atomic E-state index is 0.790. The van der Waals surface area contributed by atoms with Gasteiger partial charge >= 0.3 is 0 Å². The molecule has 10 bridgehead atoms. The molecule has 10 fully saturated rings. The van der Waals surface area contributed by atoms with Gasteiger partial charge in [-0.1, -0.05) is 13.8 Å². The predicted molar refractivity (Wildman–Crippen MR) is 69.7 cm³/mol. The molecule has 96 valence electrons. The minimum atomic E-state index is 0.790. The maximum atomic E-state index is 2.77. The number of fused-ring (bicyclic) bond motifs is 1. The van der Waals surface area contributed by atoms with Crippen molar-refractivity contribution in [2.24, 2.45) is 63.6 Å². The summed E-state index contributed by atoms with van der Waals surface area (Å²) >= 11 is 0. The van der Waals surface area contributed by atoms with Gasteiger partial charge in [-0.25, -0.2) is 0 Å². The molecular weight excluding hydrogens is 216 g/mol. The zero-order chi connectivity index (χ0) is 11.7. The summed E-state index contributed by atoms with van der Waals surface area (Å²) in [7, 11) is 0. The fourth-order valence-electron chi connectivity index (χ4n) is 11.3. The van der Waals surface area contributed by atoms with Crippen LogP contribution in [0.5, 0.6) is 0 Å². The van der Waals surface area contributed by atoms with Gasteiger partial charge in [0, 0.05) is 0 Å². The Labute approximate surface area is 110 Å². The molecule has 0 heterocycles. The highest BCUT2D eigenvalue weighted by atomic mass is 15.0. The van der Waals surface area contributed by atoms with E-state index in [9.17, 15) is 0 Å². The van der Waals surface area contributed by atoms with E-state index in [4.69, 9.17) is 0 Å². The van der Waals surface area contributed by atoms with Gasteiger partial charge in [-0.3, -0.25) is 0 Å². The SMILES string of the molecule is CC12CC3CC4C5C6CC7CC(C)(C46)C71C5C3C2. The van der Waals surface area contributed by atoms with Crippen LogP contribution < -0.4 is 0 Å². The van der Waals surface area contributed by atoms with E-state index in [0.717, 1.165) is 16.2 Å². The van der Waals surface area contributed by atoms with E-state index < -0.39 is 0 Å². The lowest BCUT2D eigenvalue weighted by Gasteiger charge is -2.91. The molecule has 10 saturated carbocycles. The van der Waals surface area contributed by atoms with E-state index in [1.165, 1.54) is 47.3 Å². The molecule has 0 N–H and O–H groups in total. The highest BCUT2D eigenvalue weighted by molar-refractivity contribution is 5.40. The van der Waals surface area contributed by atoms with Crippen molar-refractivity contribution < 1.29 is 0 Å². The summed E-state index contributed by atoms with van der Waals surface area (Å²) in [5.74, 6) is 9.65. The van der Waals surface area contributed by atoms with Crippen molar-refractivity contribution in [1.29, 1.82) is 0 Å². The molecule has 0 amide bonds. The van der Waals surface area contributed by atoms with Gasteiger partial charge in [0.15, 0.2) is 0 Å². The molecular formula is C18H24. The summed E-state index contributed by atoms with van der Waals surface area (Å²) in [6.07, 6.45) is 8.27. The van der Waals surface area contributed by atoms with Crippen LogP contribution in [0.2, 0.25) is 0 Å². The molecule has 10 rings (SSSR count). The lowest BCUT2D eigenvalue weighted by molar-refractivity contribution is -0.437. The van der Waals surface area contributed by atoms with Crippen LogP contribution >= 0.6 is 0 Å². The molecule has 0 aromatic carbocycles. The zero-order valence-electron chi connectivity index (χ0n) is 11.7. The summed E-state index contributed by atoms with van der Waals surface area (Å²) in [6, 6.07) is 0. The molecule has 18 heavy (non-hydrogen) atoms. The van der Waals surface area contributed by atoms with E-state index >= 15 is 0 Å². The van der Waals surface area contributed by atoms with Gasteiger partial charge in [0.2, 0.25) is 0 Å². The molecule has 0 aliphatic heterocycles. The monoisotopic (exact) mass is 240 g/mol. The Morgan fingerprint density at radius 1 is 0.833 bits per heavy atom. The van der Waals surface area contributed by atoms with Crippen LogP contribution in [0.25, 0.3) is 0 Å². The van der Waals surface area contributed by atoms with Gasteiger partial charge in [-0.2, -0.15) is 0 Å². The molecule has 11 unspecified atom stereocenters. The van der Waals surface area contributed by atoms with Crippen LogP contribution in [0.3, 0.4) is 0 Å². The van der Waals surface area contributed by atoms with Crippen molar-refractivity contribution in [1.82, 2.24) is 0 Å². The third-order valence-corrected chi connectivity index (χ3v) is 10.4. The highest BCUT2D eigenvalue weighted by Gasteiger charge is 2.92. The van der Waals surface area contributed by atoms with Crippen molar-refractivity contribution in [3.63, 3.8) is 0 Å². The normalized spacial score (nSPS) is 87.0. The first-order chi connectivity index (χ1) is 8.62. The van der Waals surface area contributed by atoms with E-state index in [1.807, 2.05) is 0 Å². The molecule has 10 aliphatic carbocycles. The van der Waals surface area contributed by atoms with Gasteiger partial charge in [0.1, 0.15) is 0 Å². The van der Waals surface area contributed by atoms with Crippen molar-refractivity contribution in [2.45, 2.75) is 46.0 Å². The van der Waals surface area contributed by atoms with E-state index in [0.29, 0.717) is 0 Å². The molecule has 0 nitrogen and oxygen atoms in total. The number of hydrogen-bond donors (Lipinski definition) is 0. The largest absolute Gasteiger partial charge is 0.0590 e. The van der Waals surface area contributed by atoms with Crippen LogP contribution in [-0.4, -0.2) is 0 Å². The van der Waals surface area contributed by atoms with E-state index in [-0.39, 0.29) is 0 Å². The first-order valence-electron chi connectivity index (χ1n) is 8.62. The Hall–Kier alpha value is 0. The molecule has 0 radical (unpaired) electrons. The highest BCUT2D eigenvalue weighted by Crippen LogP contribution is 2.98. The Morgan fingerprint density at radius 3 is 2.56 bits per heavy atom. The molecule has 11 atom stereocenters.